The van der Waals surface area contributed by atoms with E-state index in [0.717, 1.165) is 24.8 Å². The van der Waals surface area contributed by atoms with E-state index in [1.165, 1.54) is 0 Å². The minimum Gasteiger partial charge on any atom is -0.460 e. The van der Waals surface area contributed by atoms with E-state index in [9.17, 15) is 4.79 Å². The third kappa shape index (κ3) is 2.37. The second-order valence-electron chi connectivity index (χ2n) is 3.08. The van der Waals surface area contributed by atoms with Crippen molar-refractivity contribution in [2.75, 3.05) is 0 Å². The van der Waals surface area contributed by atoms with Crippen LogP contribution in [0.4, 0.5) is 0 Å². The molecular formula is C9H14O2. The Kier molecular flexibility index (Phi) is 2.69. The zero-order valence-electron chi connectivity index (χ0n) is 7.09. The Morgan fingerprint density at radius 2 is 2.36 bits per heavy atom. The molecule has 0 radical (unpaired) electrons. The van der Waals surface area contributed by atoms with E-state index < -0.39 is 0 Å². The van der Waals surface area contributed by atoms with E-state index >= 15 is 0 Å². The van der Waals surface area contributed by atoms with Crippen LogP contribution < -0.4 is 0 Å². The molecule has 2 nitrogen and oxygen atoms in total. The van der Waals surface area contributed by atoms with Gasteiger partial charge in [-0.05, 0) is 33.1 Å². The predicted molar refractivity (Wildman–Crippen MR) is 43.2 cm³/mol. The molecule has 0 aromatic heterocycles. The largest absolute Gasteiger partial charge is 0.460 e. The van der Waals surface area contributed by atoms with Crippen molar-refractivity contribution in [3.8, 4) is 0 Å². The summed E-state index contributed by atoms with van der Waals surface area (Å²) in [6.45, 7) is 3.74. The number of carbonyl (C=O) groups excluding carboxylic acids is 1. The fourth-order valence-electron chi connectivity index (χ4n) is 1.15. The van der Waals surface area contributed by atoms with Gasteiger partial charge in [-0.15, -0.1) is 0 Å². The summed E-state index contributed by atoms with van der Waals surface area (Å²) in [6, 6.07) is 0. The molecule has 0 saturated heterocycles. The molecule has 0 N–H and O–H groups in total. The minimum absolute atomic E-state index is 0.00370. The summed E-state index contributed by atoms with van der Waals surface area (Å²) in [6.07, 6.45) is 5.01. The van der Waals surface area contributed by atoms with E-state index in [-0.39, 0.29) is 12.1 Å². The zero-order chi connectivity index (χ0) is 8.27. The molecule has 0 aromatic carbocycles. The predicted octanol–water partition coefficient (Wildman–Crippen LogP) is 2.05. The zero-order valence-corrected chi connectivity index (χ0v) is 7.09. The number of carbonyl (C=O) groups is 1. The van der Waals surface area contributed by atoms with Crippen LogP contribution in [0.1, 0.15) is 33.1 Å². The van der Waals surface area contributed by atoms with Crippen LogP contribution in [0, 0.1) is 0 Å². The van der Waals surface area contributed by atoms with E-state index in [1.807, 2.05) is 19.9 Å². The number of hydrogen-bond donors (Lipinski definition) is 0. The molecule has 0 bridgehead atoms. The fraction of sp³-hybridized carbons (Fsp3) is 0.667. The number of hydrogen-bond acceptors (Lipinski definition) is 2. The van der Waals surface area contributed by atoms with Crippen LogP contribution in [-0.4, -0.2) is 12.1 Å². The standard InChI is InChI=1S/C9H14O2/c1-7(2)11-9(10)8-5-3-4-6-8/h5,7H,3-4,6H2,1-2H3. The highest BCUT2D eigenvalue weighted by Crippen LogP contribution is 2.18. The Morgan fingerprint density at radius 3 is 2.82 bits per heavy atom. The van der Waals surface area contributed by atoms with Crippen LogP contribution in [0.5, 0.6) is 0 Å². The van der Waals surface area contributed by atoms with E-state index in [4.69, 9.17) is 4.74 Å². The molecular weight excluding hydrogens is 140 g/mol. The summed E-state index contributed by atoms with van der Waals surface area (Å²) in [7, 11) is 0. The highest BCUT2D eigenvalue weighted by atomic mass is 16.5. The Morgan fingerprint density at radius 1 is 1.64 bits per heavy atom. The maximum atomic E-state index is 11.2. The van der Waals surface area contributed by atoms with Gasteiger partial charge in [-0.2, -0.15) is 0 Å². The lowest BCUT2D eigenvalue weighted by Crippen LogP contribution is -2.12. The van der Waals surface area contributed by atoms with Gasteiger partial charge in [-0.3, -0.25) is 0 Å². The molecule has 1 aliphatic carbocycles. The molecule has 0 saturated carbocycles. The molecule has 2 heteroatoms. The van der Waals surface area contributed by atoms with E-state index in [2.05, 4.69) is 0 Å². The van der Waals surface area contributed by atoms with Crippen molar-refractivity contribution in [3.05, 3.63) is 11.6 Å². The number of rotatable bonds is 2. The van der Waals surface area contributed by atoms with Gasteiger partial charge in [0.2, 0.25) is 0 Å². The molecule has 0 unspecified atom stereocenters. The smallest absolute Gasteiger partial charge is 0.333 e. The van der Waals surface area contributed by atoms with Crippen molar-refractivity contribution < 1.29 is 9.53 Å². The molecule has 0 fully saturated rings. The highest BCUT2D eigenvalue weighted by molar-refractivity contribution is 5.88. The van der Waals surface area contributed by atoms with Crippen LogP contribution >= 0.6 is 0 Å². The van der Waals surface area contributed by atoms with Gasteiger partial charge in [0.15, 0.2) is 0 Å². The summed E-state index contributed by atoms with van der Waals surface area (Å²) >= 11 is 0. The van der Waals surface area contributed by atoms with Gasteiger partial charge in [0, 0.05) is 5.57 Å². The highest BCUT2D eigenvalue weighted by Gasteiger charge is 2.15. The van der Waals surface area contributed by atoms with Crippen molar-refractivity contribution in [1.29, 1.82) is 0 Å². The van der Waals surface area contributed by atoms with Crippen LogP contribution in [0.25, 0.3) is 0 Å². The van der Waals surface area contributed by atoms with Crippen molar-refractivity contribution in [2.24, 2.45) is 0 Å². The summed E-state index contributed by atoms with van der Waals surface area (Å²) in [4.78, 5) is 11.2. The van der Waals surface area contributed by atoms with Gasteiger partial charge in [-0.1, -0.05) is 6.08 Å². The van der Waals surface area contributed by atoms with Crippen molar-refractivity contribution in [2.45, 2.75) is 39.2 Å². The minimum atomic E-state index is -0.127. The first-order chi connectivity index (χ1) is 5.20. The summed E-state index contributed by atoms with van der Waals surface area (Å²) < 4.78 is 5.03. The number of esters is 1. The second kappa shape index (κ2) is 3.56. The Bertz CT molecular complexity index is 180. The number of allylic oxidation sites excluding steroid dienone is 1. The second-order valence-corrected chi connectivity index (χ2v) is 3.08. The van der Waals surface area contributed by atoms with Gasteiger partial charge >= 0.3 is 5.97 Å². The average Bonchev–Trinajstić information content (AvgIpc) is 2.35. The lowest BCUT2D eigenvalue weighted by molar-refractivity contribution is -0.142. The Hall–Kier alpha value is -0.790. The SMILES string of the molecule is CC(C)OC(=O)C1=CCCC1. The summed E-state index contributed by atoms with van der Waals surface area (Å²) in [5.74, 6) is -0.127. The monoisotopic (exact) mass is 154 g/mol. The molecule has 0 heterocycles. The summed E-state index contributed by atoms with van der Waals surface area (Å²) in [5.41, 5.74) is 0.860. The van der Waals surface area contributed by atoms with Crippen LogP contribution in [0.3, 0.4) is 0 Å². The first-order valence-corrected chi connectivity index (χ1v) is 4.10. The molecule has 0 aromatic rings. The normalized spacial score (nSPS) is 16.8. The van der Waals surface area contributed by atoms with Crippen LogP contribution in [0.2, 0.25) is 0 Å². The van der Waals surface area contributed by atoms with Gasteiger partial charge in [0.25, 0.3) is 0 Å². The third-order valence-corrected chi connectivity index (χ3v) is 1.65. The van der Waals surface area contributed by atoms with Crippen molar-refractivity contribution in [3.63, 3.8) is 0 Å². The first kappa shape index (κ1) is 8.31. The van der Waals surface area contributed by atoms with Crippen molar-refractivity contribution in [1.82, 2.24) is 0 Å². The molecule has 1 aliphatic rings. The first-order valence-electron chi connectivity index (χ1n) is 4.10. The molecule has 1 rings (SSSR count). The topological polar surface area (TPSA) is 26.3 Å². The van der Waals surface area contributed by atoms with Gasteiger partial charge in [0.1, 0.15) is 0 Å². The lowest BCUT2D eigenvalue weighted by atomic mass is 10.2. The summed E-state index contributed by atoms with van der Waals surface area (Å²) in [5, 5.41) is 0. The molecule has 11 heavy (non-hydrogen) atoms. The third-order valence-electron chi connectivity index (χ3n) is 1.65. The number of ether oxygens (including phenoxy) is 1. The van der Waals surface area contributed by atoms with Crippen LogP contribution in [0.15, 0.2) is 11.6 Å². The maximum absolute atomic E-state index is 11.2. The molecule has 0 atom stereocenters. The quantitative estimate of drug-likeness (QED) is 0.569. The van der Waals surface area contributed by atoms with Gasteiger partial charge in [0.05, 0.1) is 6.10 Å². The molecule has 0 aliphatic heterocycles. The maximum Gasteiger partial charge on any atom is 0.333 e. The molecule has 0 amide bonds. The van der Waals surface area contributed by atoms with Crippen LogP contribution in [-0.2, 0) is 9.53 Å². The van der Waals surface area contributed by atoms with E-state index in [1.54, 1.807) is 0 Å². The fourth-order valence-corrected chi connectivity index (χ4v) is 1.15. The van der Waals surface area contributed by atoms with Crippen molar-refractivity contribution >= 4 is 5.97 Å². The van der Waals surface area contributed by atoms with Gasteiger partial charge in [-0.25, -0.2) is 4.79 Å². The molecule has 0 spiro atoms. The average molecular weight is 154 g/mol. The van der Waals surface area contributed by atoms with E-state index in [0.29, 0.717) is 0 Å². The van der Waals surface area contributed by atoms with Gasteiger partial charge < -0.3 is 4.74 Å². The Balaban J connectivity index is 2.41. The Labute approximate surface area is 67.2 Å². The molecule has 62 valence electrons. The lowest BCUT2D eigenvalue weighted by Gasteiger charge is -2.07.